The average molecular weight is 270 g/mol. The van der Waals surface area contributed by atoms with E-state index in [1.807, 2.05) is 55.5 Å². The third kappa shape index (κ3) is 3.83. The molecule has 0 saturated carbocycles. The predicted octanol–water partition coefficient (Wildman–Crippen LogP) is 3.79. The standard InChI is InChI=1S/C16H18N2O2/c1-12-7-9-14(10-8-12)17-16(19)18-15-6-4-3-5-13(15)11-20-2/h3-10H,11H2,1-2H3,(H2,17,18,19). The molecule has 0 aliphatic carbocycles. The molecule has 4 heteroatoms. The Kier molecular flexibility index (Phi) is 4.74. The number of hydrogen-bond acceptors (Lipinski definition) is 2. The number of benzene rings is 2. The Balaban J connectivity index is 2.02. The molecule has 2 rings (SSSR count). The van der Waals surface area contributed by atoms with Crippen LogP contribution in [0.4, 0.5) is 16.2 Å². The number of carbonyl (C=O) groups is 1. The lowest BCUT2D eigenvalue weighted by molar-refractivity contribution is 0.185. The van der Waals surface area contributed by atoms with E-state index in [9.17, 15) is 4.79 Å². The molecule has 0 heterocycles. The zero-order valence-electron chi connectivity index (χ0n) is 11.6. The molecule has 0 bridgehead atoms. The van der Waals surface area contributed by atoms with Gasteiger partial charge in [0.25, 0.3) is 0 Å². The normalized spacial score (nSPS) is 10.1. The molecule has 0 unspecified atom stereocenters. The second-order valence-electron chi connectivity index (χ2n) is 4.54. The molecule has 0 atom stereocenters. The summed E-state index contributed by atoms with van der Waals surface area (Å²) in [5, 5.41) is 5.62. The zero-order valence-corrected chi connectivity index (χ0v) is 11.6. The molecular formula is C16H18N2O2. The maximum atomic E-state index is 12.0. The summed E-state index contributed by atoms with van der Waals surface area (Å²) >= 11 is 0. The second kappa shape index (κ2) is 6.73. The zero-order chi connectivity index (χ0) is 14.4. The predicted molar refractivity (Wildman–Crippen MR) is 81.0 cm³/mol. The van der Waals surface area contributed by atoms with Gasteiger partial charge in [0.05, 0.1) is 6.61 Å². The van der Waals surface area contributed by atoms with Crippen LogP contribution >= 0.6 is 0 Å². The van der Waals surface area contributed by atoms with Crippen LogP contribution in [-0.4, -0.2) is 13.1 Å². The summed E-state index contributed by atoms with van der Waals surface area (Å²) in [6.45, 7) is 2.46. The summed E-state index contributed by atoms with van der Waals surface area (Å²) in [5.41, 5.74) is 3.60. The first-order valence-electron chi connectivity index (χ1n) is 6.40. The maximum Gasteiger partial charge on any atom is 0.323 e. The summed E-state index contributed by atoms with van der Waals surface area (Å²) in [4.78, 5) is 12.0. The molecule has 2 N–H and O–H groups in total. The van der Waals surface area contributed by atoms with Crippen molar-refractivity contribution in [3.63, 3.8) is 0 Å². The van der Waals surface area contributed by atoms with Crippen molar-refractivity contribution < 1.29 is 9.53 Å². The smallest absolute Gasteiger partial charge is 0.323 e. The van der Waals surface area contributed by atoms with Crippen molar-refractivity contribution in [2.24, 2.45) is 0 Å². The number of rotatable bonds is 4. The maximum absolute atomic E-state index is 12.0. The third-order valence-electron chi connectivity index (χ3n) is 2.87. The Morgan fingerprint density at radius 3 is 2.45 bits per heavy atom. The molecule has 0 aromatic heterocycles. The van der Waals surface area contributed by atoms with Gasteiger partial charge in [-0.2, -0.15) is 0 Å². The van der Waals surface area contributed by atoms with Crippen molar-refractivity contribution in [1.82, 2.24) is 0 Å². The highest BCUT2D eigenvalue weighted by atomic mass is 16.5. The fourth-order valence-corrected chi connectivity index (χ4v) is 1.85. The van der Waals surface area contributed by atoms with E-state index in [1.165, 1.54) is 0 Å². The Morgan fingerprint density at radius 2 is 1.75 bits per heavy atom. The van der Waals surface area contributed by atoms with Crippen molar-refractivity contribution in [3.8, 4) is 0 Å². The van der Waals surface area contributed by atoms with Crippen LogP contribution in [0.15, 0.2) is 48.5 Å². The van der Waals surface area contributed by atoms with Gasteiger partial charge in [-0.25, -0.2) is 4.79 Å². The van der Waals surface area contributed by atoms with E-state index in [1.54, 1.807) is 7.11 Å². The molecule has 0 radical (unpaired) electrons. The lowest BCUT2D eigenvalue weighted by atomic mass is 10.2. The van der Waals surface area contributed by atoms with Gasteiger partial charge in [0.15, 0.2) is 0 Å². The van der Waals surface area contributed by atoms with Crippen molar-refractivity contribution in [3.05, 3.63) is 59.7 Å². The van der Waals surface area contributed by atoms with Crippen LogP contribution in [0.25, 0.3) is 0 Å². The SMILES string of the molecule is COCc1ccccc1NC(=O)Nc1ccc(C)cc1. The van der Waals surface area contributed by atoms with Gasteiger partial charge in [0.1, 0.15) is 0 Å². The second-order valence-corrected chi connectivity index (χ2v) is 4.54. The number of methoxy groups -OCH3 is 1. The van der Waals surface area contributed by atoms with Gasteiger partial charge in [0.2, 0.25) is 0 Å². The first-order chi connectivity index (χ1) is 9.69. The van der Waals surface area contributed by atoms with Gasteiger partial charge in [-0.3, -0.25) is 0 Å². The Bertz CT molecular complexity index is 579. The van der Waals surface area contributed by atoms with Gasteiger partial charge < -0.3 is 15.4 Å². The third-order valence-corrected chi connectivity index (χ3v) is 2.87. The minimum atomic E-state index is -0.266. The molecule has 20 heavy (non-hydrogen) atoms. The Morgan fingerprint density at radius 1 is 1.05 bits per heavy atom. The van der Waals surface area contributed by atoms with Gasteiger partial charge in [-0.1, -0.05) is 35.9 Å². The fourth-order valence-electron chi connectivity index (χ4n) is 1.85. The minimum absolute atomic E-state index is 0.266. The van der Waals surface area contributed by atoms with Crippen molar-refractivity contribution in [2.45, 2.75) is 13.5 Å². The number of aryl methyl sites for hydroxylation is 1. The first kappa shape index (κ1) is 14.1. The molecule has 0 aliphatic rings. The van der Waals surface area contributed by atoms with Gasteiger partial charge in [0, 0.05) is 24.0 Å². The van der Waals surface area contributed by atoms with Crippen LogP contribution in [0.3, 0.4) is 0 Å². The molecule has 0 spiro atoms. The van der Waals surface area contributed by atoms with E-state index in [0.717, 1.165) is 22.5 Å². The molecule has 2 amide bonds. The number of amides is 2. The molecule has 0 saturated heterocycles. The average Bonchev–Trinajstić information content (AvgIpc) is 2.44. The molecule has 0 fully saturated rings. The van der Waals surface area contributed by atoms with Crippen LogP contribution in [0, 0.1) is 6.92 Å². The molecule has 0 aliphatic heterocycles. The summed E-state index contributed by atoms with van der Waals surface area (Å²) < 4.78 is 5.11. The molecule has 2 aromatic carbocycles. The number of urea groups is 1. The van der Waals surface area contributed by atoms with Crippen molar-refractivity contribution in [1.29, 1.82) is 0 Å². The number of carbonyl (C=O) groups excluding carboxylic acids is 1. The quantitative estimate of drug-likeness (QED) is 0.888. The van der Waals surface area contributed by atoms with Gasteiger partial charge in [-0.15, -0.1) is 0 Å². The Labute approximate surface area is 118 Å². The highest BCUT2D eigenvalue weighted by molar-refractivity contribution is 6.00. The molecular weight excluding hydrogens is 252 g/mol. The fraction of sp³-hybridized carbons (Fsp3) is 0.188. The van der Waals surface area contributed by atoms with Gasteiger partial charge in [-0.05, 0) is 25.1 Å². The van der Waals surface area contributed by atoms with E-state index in [2.05, 4.69) is 10.6 Å². The largest absolute Gasteiger partial charge is 0.380 e. The number of anilines is 2. The first-order valence-corrected chi connectivity index (χ1v) is 6.40. The minimum Gasteiger partial charge on any atom is -0.380 e. The van der Waals surface area contributed by atoms with Crippen LogP contribution < -0.4 is 10.6 Å². The number of ether oxygens (including phenoxy) is 1. The van der Waals surface area contributed by atoms with Gasteiger partial charge >= 0.3 is 6.03 Å². The van der Waals surface area contributed by atoms with Crippen LogP contribution in [-0.2, 0) is 11.3 Å². The highest BCUT2D eigenvalue weighted by Gasteiger charge is 2.06. The lowest BCUT2D eigenvalue weighted by Crippen LogP contribution is -2.20. The summed E-state index contributed by atoms with van der Waals surface area (Å²) in [5.74, 6) is 0. The highest BCUT2D eigenvalue weighted by Crippen LogP contribution is 2.16. The van der Waals surface area contributed by atoms with E-state index < -0.39 is 0 Å². The van der Waals surface area contributed by atoms with E-state index in [4.69, 9.17) is 4.74 Å². The van der Waals surface area contributed by atoms with Crippen LogP contribution in [0.1, 0.15) is 11.1 Å². The summed E-state index contributed by atoms with van der Waals surface area (Å²) in [6.07, 6.45) is 0. The Hall–Kier alpha value is -2.33. The number of para-hydroxylation sites is 1. The summed E-state index contributed by atoms with van der Waals surface area (Å²) in [6, 6.07) is 14.9. The van der Waals surface area contributed by atoms with E-state index in [-0.39, 0.29) is 6.03 Å². The van der Waals surface area contributed by atoms with Crippen LogP contribution in [0.5, 0.6) is 0 Å². The monoisotopic (exact) mass is 270 g/mol. The van der Waals surface area contributed by atoms with Crippen molar-refractivity contribution in [2.75, 3.05) is 17.7 Å². The topological polar surface area (TPSA) is 50.4 Å². The molecule has 4 nitrogen and oxygen atoms in total. The van der Waals surface area contributed by atoms with E-state index >= 15 is 0 Å². The number of hydrogen-bond donors (Lipinski definition) is 2. The van der Waals surface area contributed by atoms with Crippen LogP contribution in [0.2, 0.25) is 0 Å². The number of nitrogens with one attached hydrogen (secondary N) is 2. The summed E-state index contributed by atoms with van der Waals surface area (Å²) in [7, 11) is 1.63. The molecule has 2 aromatic rings. The molecule has 104 valence electrons. The van der Waals surface area contributed by atoms with E-state index in [0.29, 0.717) is 6.61 Å². The van der Waals surface area contributed by atoms with Crippen molar-refractivity contribution >= 4 is 17.4 Å². The lowest BCUT2D eigenvalue weighted by Gasteiger charge is -2.11.